The predicted octanol–water partition coefficient (Wildman–Crippen LogP) is 10.8. The van der Waals surface area contributed by atoms with Gasteiger partial charge in [0.25, 0.3) is 0 Å². The van der Waals surface area contributed by atoms with Crippen LogP contribution in [-0.2, 0) is 0 Å². The lowest BCUT2D eigenvalue weighted by Crippen LogP contribution is -2.81. The summed E-state index contributed by atoms with van der Waals surface area (Å²) in [6.07, 6.45) is -6.86. The van der Waals surface area contributed by atoms with Gasteiger partial charge in [-0.1, -0.05) is 54.6 Å². The molecule has 1 nitrogen and oxygen atoms in total. The molecule has 0 fully saturated rings. The summed E-state index contributed by atoms with van der Waals surface area (Å²) < 4.78 is 307. The van der Waals surface area contributed by atoms with Gasteiger partial charge < -0.3 is 0 Å². The molecule has 0 N–H and O–H groups in total. The molecule has 0 aromatic heterocycles. The van der Waals surface area contributed by atoms with Crippen molar-refractivity contribution in [3.05, 3.63) is 243 Å². The molecule has 0 spiro atoms. The molecule has 8 aromatic rings. The SMILES string of the molecule is Fc1c(F)c(F)c([B-](c2c(F)c(F)c(F)c(F)c2F)(c2c(F)c(F)c(F)c(F)c2F)c2c(F)c(F)c(F)c(F)c2F)c(F)c1F.O=C(C[P+](c1ccccc1)(c1ccccc1)c1ccccc1)c1ccc(F)cc1. The van der Waals surface area contributed by atoms with Crippen molar-refractivity contribution >= 4 is 57.0 Å². The van der Waals surface area contributed by atoms with Crippen molar-refractivity contribution in [1.29, 1.82) is 0 Å². The molecule has 0 aliphatic carbocycles. The van der Waals surface area contributed by atoms with Gasteiger partial charge in [-0.2, -0.15) is 0 Å². The van der Waals surface area contributed by atoms with Gasteiger partial charge in [0, 0.05) is 5.56 Å². The summed E-state index contributed by atoms with van der Waals surface area (Å²) in [6.45, 7) is 0. The smallest absolute Gasteiger partial charge is 0.201 e. The summed E-state index contributed by atoms with van der Waals surface area (Å²) in [5, 5.41) is 3.48. The molecule has 0 unspecified atom stereocenters. The molecule has 74 heavy (non-hydrogen) atoms. The van der Waals surface area contributed by atoms with Gasteiger partial charge in [0.05, 0.1) is 0 Å². The van der Waals surface area contributed by atoms with Gasteiger partial charge in [0.15, 0.2) is 69.8 Å². The third kappa shape index (κ3) is 8.63. The summed E-state index contributed by atoms with van der Waals surface area (Å²) in [7, 11) is -2.23. The second-order valence-corrected chi connectivity index (χ2v) is 19.2. The number of hydrogen-bond donors (Lipinski definition) is 0. The molecule has 0 saturated carbocycles. The fourth-order valence-corrected chi connectivity index (χ4v) is 12.7. The van der Waals surface area contributed by atoms with E-state index in [1.54, 1.807) is 12.1 Å². The van der Waals surface area contributed by atoms with E-state index < -0.39 is 152 Å². The predicted molar refractivity (Wildman–Crippen MR) is 230 cm³/mol. The molecule has 0 radical (unpaired) electrons. The maximum Gasteiger partial charge on any atom is 0.201 e. The summed E-state index contributed by atoms with van der Waals surface area (Å²) in [6, 6.07) is 36.7. The first-order valence-electron chi connectivity index (χ1n) is 20.5. The molecule has 24 heteroatoms. The fourth-order valence-electron chi connectivity index (χ4n) is 8.59. The molecule has 0 heterocycles. The molecular weight excluding hydrogens is 1060 g/mol. The van der Waals surface area contributed by atoms with Gasteiger partial charge in [0.1, 0.15) is 87.8 Å². The van der Waals surface area contributed by atoms with E-state index in [-0.39, 0.29) is 11.6 Å². The summed E-state index contributed by atoms with van der Waals surface area (Å²) >= 11 is 0. The molecule has 0 saturated heterocycles. The Kier molecular flexibility index (Phi) is 15.2. The van der Waals surface area contributed by atoms with Crippen molar-refractivity contribution < 1.29 is 97.0 Å². The Hall–Kier alpha value is -7.55. The zero-order valence-electron chi connectivity index (χ0n) is 36.0. The minimum absolute atomic E-state index is 0.0230. The Balaban J connectivity index is 0.000000237. The van der Waals surface area contributed by atoms with Crippen LogP contribution in [0.5, 0.6) is 0 Å². The second kappa shape index (κ2) is 20.8. The lowest BCUT2D eigenvalue weighted by molar-refractivity contribution is 0.102. The Morgan fingerprint density at radius 3 is 0.703 bits per heavy atom. The van der Waals surface area contributed by atoms with Crippen molar-refractivity contribution in [2.45, 2.75) is 0 Å². The highest BCUT2D eigenvalue weighted by Crippen LogP contribution is 2.55. The number of rotatable bonds is 10. The van der Waals surface area contributed by atoms with Crippen molar-refractivity contribution in [2.24, 2.45) is 0 Å². The van der Waals surface area contributed by atoms with Crippen LogP contribution in [0.3, 0.4) is 0 Å². The van der Waals surface area contributed by atoms with Gasteiger partial charge in [0.2, 0.25) is 5.78 Å². The highest BCUT2D eigenvalue weighted by molar-refractivity contribution is 7.96. The summed E-state index contributed by atoms with van der Waals surface area (Å²) in [5.74, 6) is -71.7. The Labute approximate surface area is 402 Å². The van der Waals surface area contributed by atoms with E-state index in [0.717, 1.165) is 15.9 Å². The topological polar surface area (TPSA) is 17.1 Å². The van der Waals surface area contributed by atoms with Crippen molar-refractivity contribution in [3.8, 4) is 0 Å². The maximum atomic E-state index is 15.4. The van der Waals surface area contributed by atoms with Crippen LogP contribution in [-0.4, -0.2) is 18.1 Å². The van der Waals surface area contributed by atoms with E-state index in [2.05, 4.69) is 36.4 Å². The Morgan fingerprint density at radius 2 is 0.486 bits per heavy atom. The third-order valence-corrected chi connectivity index (χ3v) is 16.1. The number of ketones is 1. The van der Waals surface area contributed by atoms with E-state index in [0.29, 0.717) is 11.7 Å². The zero-order chi connectivity index (χ0) is 54.5. The van der Waals surface area contributed by atoms with Gasteiger partial charge in [-0.3, -0.25) is 4.79 Å². The largest absolute Gasteiger partial charge is 0.290 e. The molecule has 382 valence electrons. The van der Waals surface area contributed by atoms with Gasteiger partial charge in [-0.15, -0.1) is 21.9 Å². The van der Waals surface area contributed by atoms with Crippen LogP contribution in [0.15, 0.2) is 115 Å². The third-order valence-electron chi connectivity index (χ3n) is 11.8. The lowest BCUT2D eigenvalue weighted by Gasteiger charge is -2.44. The van der Waals surface area contributed by atoms with Gasteiger partial charge in [-0.05, 0) is 60.7 Å². The maximum absolute atomic E-state index is 15.4. The number of halogens is 21. The van der Waals surface area contributed by atoms with Crippen molar-refractivity contribution in [1.82, 2.24) is 0 Å². The van der Waals surface area contributed by atoms with Crippen LogP contribution in [0, 0.1) is 122 Å². The van der Waals surface area contributed by atoms with Crippen LogP contribution in [0.1, 0.15) is 10.4 Å². The zero-order valence-corrected chi connectivity index (χ0v) is 36.9. The van der Waals surface area contributed by atoms with E-state index in [4.69, 9.17) is 0 Å². The highest BCUT2D eigenvalue weighted by atomic mass is 31.2. The first-order chi connectivity index (χ1) is 34.9. The number of carbonyl (C=O) groups is 1. The average molecular weight is 1080 g/mol. The first-order valence-corrected chi connectivity index (χ1v) is 22.4. The molecule has 8 rings (SSSR count). The van der Waals surface area contributed by atoms with E-state index in [1.165, 1.54) is 12.1 Å². The standard InChI is InChI=1S/C26H21FOP.C24BF20/c27-22-18-16-21(17-19-22)26(28)20-29(23-10-4-1-5-11-23,24-12-6-2-7-13-24)25-14-8-3-9-15-25;26-5-1(6(27)14(35)21(42)13(5)34)25(2-7(28)15(36)22(43)16(37)8(2)29,3-9(30)17(38)23(44)18(39)10(3)31)4-11(32)19(40)24(45)20(41)12(4)33/h1-19H,20H2;/q+1;-1. The average Bonchev–Trinajstić information content (AvgIpc) is 3.41. The monoisotopic (exact) mass is 1080 g/mol. The minimum atomic E-state index is -7.22. The number of carbonyl (C=O) groups excluding carboxylic acids is 1. The molecule has 0 aliphatic rings. The molecule has 0 bridgehead atoms. The number of Topliss-reactive ketones (excluding diaryl/α,β-unsaturated/α-hetero) is 1. The van der Waals surface area contributed by atoms with Gasteiger partial charge in [-0.25, -0.2) is 92.2 Å². The van der Waals surface area contributed by atoms with E-state index in [1.807, 2.05) is 54.6 Å². The molecule has 0 atom stereocenters. The van der Waals surface area contributed by atoms with E-state index in [9.17, 15) is 61.9 Å². The summed E-state index contributed by atoms with van der Waals surface area (Å²) in [4.78, 5) is 13.4. The van der Waals surface area contributed by atoms with Crippen LogP contribution < -0.4 is 37.8 Å². The molecule has 0 amide bonds. The van der Waals surface area contributed by atoms with Crippen molar-refractivity contribution in [2.75, 3.05) is 6.16 Å². The van der Waals surface area contributed by atoms with Crippen molar-refractivity contribution in [3.63, 3.8) is 0 Å². The number of hydrogen-bond acceptors (Lipinski definition) is 1. The van der Waals surface area contributed by atoms with Crippen LogP contribution >= 0.6 is 7.26 Å². The van der Waals surface area contributed by atoms with Crippen LogP contribution in [0.2, 0.25) is 0 Å². The minimum Gasteiger partial charge on any atom is -0.290 e. The van der Waals surface area contributed by atoms with E-state index >= 15 is 35.1 Å². The quantitative estimate of drug-likeness (QED) is 0.0333. The Morgan fingerprint density at radius 1 is 0.284 bits per heavy atom. The normalized spacial score (nSPS) is 11.7. The second-order valence-electron chi connectivity index (χ2n) is 15.7. The number of benzene rings is 8. The molecule has 0 aliphatic heterocycles. The first kappa shape index (κ1) is 54.2. The Bertz CT molecular complexity index is 3010. The van der Waals surface area contributed by atoms with Crippen LogP contribution in [0.4, 0.5) is 92.2 Å². The molecule has 8 aromatic carbocycles. The fraction of sp³-hybridized carbons (Fsp3) is 0.0200. The highest BCUT2D eigenvalue weighted by Gasteiger charge is 2.53. The molecular formula is C50H21BF21OP. The summed E-state index contributed by atoms with van der Waals surface area (Å²) in [5.41, 5.74) is -13.8. The van der Waals surface area contributed by atoms with Gasteiger partial charge >= 0.3 is 0 Å². The van der Waals surface area contributed by atoms with Crippen LogP contribution in [0.25, 0.3) is 0 Å². The lowest BCUT2D eigenvalue weighted by atomic mass is 9.12.